The van der Waals surface area contributed by atoms with Gasteiger partial charge < -0.3 is 0 Å². The minimum atomic E-state index is -3.81. The van der Waals surface area contributed by atoms with Crippen LogP contribution >= 0.6 is 34.8 Å². The third-order valence-electron chi connectivity index (χ3n) is 3.90. The number of anilines is 1. The minimum Gasteiger partial charge on any atom is -0.262 e. The van der Waals surface area contributed by atoms with E-state index in [1.165, 1.54) is 10.4 Å². The van der Waals surface area contributed by atoms with Crippen molar-refractivity contribution in [2.75, 3.05) is 4.31 Å². The van der Waals surface area contributed by atoms with Gasteiger partial charge in [0.05, 0.1) is 17.6 Å². The number of hydrogen-bond donors (Lipinski definition) is 0. The lowest BCUT2D eigenvalue weighted by molar-refractivity contribution is 0.599. The van der Waals surface area contributed by atoms with Crippen molar-refractivity contribution >= 4 is 56.6 Å². The zero-order chi connectivity index (χ0) is 22.1. The summed E-state index contributed by atoms with van der Waals surface area (Å²) in [5.74, 6) is 0. The molecule has 0 atom stereocenters. The van der Waals surface area contributed by atoms with Crippen molar-refractivity contribution in [3.8, 4) is 0 Å². The predicted molar refractivity (Wildman–Crippen MR) is 130 cm³/mol. The molecule has 0 aliphatic carbocycles. The smallest absolute Gasteiger partial charge is 0.257 e. The molecule has 0 saturated carbocycles. The van der Waals surface area contributed by atoms with Crippen LogP contribution in [0.3, 0.4) is 0 Å². The fraction of sp³-hybridized carbons (Fsp3) is 0.130. The normalized spacial score (nSPS) is 11.1. The van der Waals surface area contributed by atoms with Crippen molar-refractivity contribution in [1.82, 2.24) is 0 Å². The molecule has 0 fully saturated rings. The average Bonchev–Trinajstić information content (AvgIpc) is 2.72. The molecule has 0 aromatic heterocycles. The highest BCUT2D eigenvalue weighted by atomic mass is 35.5. The highest BCUT2D eigenvalue weighted by Gasteiger charge is 2.21. The Morgan fingerprint density at radius 2 is 1.37 bits per heavy atom. The first kappa shape index (κ1) is 24.3. The molecule has 0 N–H and O–H groups in total. The van der Waals surface area contributed by atoms with Crippen LogP contribution in [-0.2, 0) is 16.6 Å². The Morgan fingerprint density at radius 3 is 1.97 bits per heavy atom. The molecule has 0 saturated heterocycles. The molecule has 7 heteroatoms. The zero-order valence-corrected chi connectivity index (χ0v) is 19.7. The van der Waals surface area contributed by atoms with Crippen molar-refractivity contribution in [2.45, 2.75) is 20.4 Å². The molecule has 0 amide bonds. The van der Waals surface area contributed by atoms with E-state index in [1.807, 2.05) is 19.9 Å². The Balaban J connectivity index is 0.00000155. The summed E-state index contributed by atoms with van der Waals surface area (Å²) in [6.07, 6.45) is 1.51. The number of hydrogen-bond acceptors (Lipinski definition) is 2. The molecule has 3 nitrogen and oxygen atoms in total. The molecule has 0 aliphatic heterocycles. The second kappa shape index (κ2) is 11.4. The van der Waals surface area contributed by atoms with E-state index in [4.69, 9.17) is 34.8 Å². The van der Waals surface area contributed by atoms with Gasteiger partial charge in [-0.2, -0.15) is 0 Å². The first-order chi connectivity index (χ1) is 14.3. The van der Waals surface area contributed by atoms with Crippen molar-refractivity contribution in [1.29, 1.82) is 0 Å². The Hall–Kier alpha value is -1.98. The number of halogens is 3. The number of sulfonamides is 1. The SMILES string of the molecule is CC.O=S(=O)(/C=C/c1cccc(Cl)c1)N(Cc1cccc(Cl)c1)c1cccc(Cl)c1. The maximum Gasteiger partial charge on any atom is 0.257 e. The maximum absolute atomic E-state index is 13.1. The van der Waals surface area contributed by atoms with Gasteiger partial charge in [0, 0.05) is 15.1 Å². The number of nitrogens with zero attached hydrogens (tertiary/aromatic N) is 1. The van der Waals surface area contributed by atoms with Gasteiger partial charge in [-0.1, -0.05) is 79.0 Å². The van der Waals surface area contributed by atoms with Crippen LogP contribution in [0, 0.1) is 0 Å². The van der Waals surface area contributed by atoms with Crippen LogP contribution in [0.1, 0.15) is 25.0 Å². The van der Waals surface area contributed by atoms with Gasteiger partial charge in [-0.3, -0.25) is 4.31 Å². The summed E-state index contributed by atoms with van der Waals surface area (Å²) in [5, 5.41) is 2.67. The van der Waals surface area contributed by atoms with Crippen molar-refractivity contribution < 1.29 is 8.42 Å². The van der Waals surface area contributed by atoms with E-state index in [1.54, 1.807) is 66.7 Å². The van der Waals surface area contributed by atoms with Crippen LogP contribution in [0.4, 0.5) is 5.69 Å². The van der Waals surface area contributed by atoms with E-state index in [9.17, 15) is 8.42 Å². The third kappa shape index (κ3) is 7.06. The Morgan fingerprint density at radius 1 is 0.800 bits per heavy atom. The minimum absolute atomic E-state index is 0.114. The van der Waals surface area contributed by atoms with Gasteiger partial charge in [-0.25, -0.2) is 8.42 Å². The van der Waals surface area contributed by atoms with E-state index >= 15 is 0 Å². The van der Waals surface area contributed by atoms with Crippen LogP contribution in [0.5, 0.6) is 0 Å². The maximum atomic E-state index is 13.1. The summed E-state index contributed by atoms with van der Waals surface area (Å²) in [7, 11) is -3.81. The highest BCUT2D eigenvalue weighted by Crippen LogP contribution is 2.26. The fourth-order valence-electron chi connectivity index (χ4n) is 2.61. The van der Waals surface area contributed by atoms with Crippen molar-refractivity contribution in [3.05, 3.63) is 104 Å². The molecule has 3 rings (SSSR count). The molecular formula is C23H22Cl3NO2S. The first-order valence-corrected chi connectivity index (χ1v) is 11.9. The molecular weight excluding hydrogens is 461 g/mol. The van der Waals surface area contributed by atoms with E-state index in [0.717, 1.165) is 11.0 Å². The average molecular weight is 483 g/mol. The molecule has 30 heavy (non-hydrogen) atoms. The first-order valence-electron chi connectivity index (χ1n) is 9.30. The monoisotopic (exact) mass is 481 g/mol. The van der Waals surface area contributed by atoms with Crippen LogP contribution in [0.25, 0.3) is 6.08 Å². The Bertz CT molecular complexity index is 1110. The molecule has 0 bridgehead atoms. The quantitative estimate of drug-likeness (QED) is 0.361. The summed E-state index contributed by atoms with van der Waals surface area (Å²) in [4.78, 5) is 0. The lowest BCUT2D eigenvalue weighted by Gasteiger charge is -2.23. The third-order valence-corrected chi connectivity index (χ3v) is 6.04. The van der Waals surface area contributed by atoms with Gasteiger partial charge in [-0.05, 0) is 59.7 Å². The zero-order valence-electron chi connectivity index (χ0n) is 16.6. The predicted octanol–water partition coefficient (Wildman–Crippen LogP) is 7.68. The molecule has 0 spiro atoms. The Kier molecular flexibility index (Phi) is 9.25. The molecule has 158 valence electrons. The summed E-state index contributed by atoms with van der Waals surface area (Å²) in [6, 6.07) is 20.7. The molecule has 3 aromatic carbocycles. The molecule has 0 aliphatic rings. The number of rotatable bonds is 6. The molecule has 0 heterocycles. The second-order valence-electron chi connectivity index (χ2n) is 6.02. The van der Waals surface area contributed by atoms with Crippen LogP contribution in [-0.4, -0.2) is 8.42 Å². The van der Waals surface area contributed by atoms with E-state index in [-0.39, 0.29) is 6.54 Å². The van der Waals surface area contributed by atoms with Gasteiger partial charge in [0.2, 0.25) is 0 Å². The molecule has 0 radical (unpaired) electrons. The van der Waals surface area contributed by atoms with Gasteiger partial charge in [0.1, 0.15) is 0 Å². The van der Waals surface area contributed by atoms with Crippen LogP contribution < -0.4 is 4.31 Å². The van der Waals surface area contributed by atoms with Gasteiger partial charge >= 0.3 is 0 Å². The lowest BCUT2D eigenvalue weighted by atomic mass is 10.2. The van der Waals surface area contributed by atoms with Gasteiger partial charge in [0.15, 0.2) is 0 Å². The van der Waals surface area contributed by atoms with Crippen molar-refractivity contribution in [3.63, 3.8) is 0 Å². The summed E-state index contributed by atoms with van der Waals surface area (Å²) < 4.78 is 27.5. The van der Waals surface area contributed by atoms with Crippen molar-refractivity contribution in [2.24, 2.45) is 0 Å². The van der Waals surface area contributed by atoms with E-state index < -0.39 is 10.0 Å². The Labute approximate surface area is 193 Å². The summed E-state index contributed by atoms with van der Waals surface area (Å²) in [5.41, 5.74) is 1.90. The lowest BCUT2D eigenvalue weighted by Crippen LogP contribution is -2.28. The van der Waals surface area contributed by atoms with Gasteiger partial charge in [0.25, 0.3) is 10.0 Å². The van der Waals surface area contributed by atoms with E-state index in [0.29, 0.717) is 26.3 Å². The second-order valence-corrected chi connectivity index (χ2v) is 9.07. The topological polar surface area (TPSA) is 37.4 Å². The summed E-state index contributed by atoms with van der Waals surface area (Å²) in [6.45, 7) is 4.11. The van der Waals surface area contributed by atoms with E-state index in [2.05, 4.69) is 0 Å². The molecule has 3 aromatic rings. The summed E-state index contributed by atoms with van der Waals surface area (Å²) >= 11 is 18.1. The van der Waals surface area contributed by atoms with Gasteiger partial charge in [-0.15, -0.1) is 0 Å². The van der Waals surface area contributed by atoms with Crippen LogP contribution in [0.2, 0.25) is 15.1 Å². The fourth-order valence-corrected chi connectivity index (χ4v) is 4.42. The largest absolute Gasteiger partial charge is 0.262 e. The highest BCUT2D eigenvalue weighted by molar-refractivity contribution is 7.95. The van der Waals surface area contributed by atoms with Crippen LogP contribution in [0.15, 0.2) is 78.2 Å². The standard InChI is InChI=1S/C21H16Cl3NO2S.C2H6/c22-18-6-1-4-16(12-18)10-11-28(26,27)25(21-9-3-8-20(24)14-21)15-17-5-2-7-19(23)13-17;1-2/h1-14H,15H2;1-2H3/b11-10+;. The molecule has 0 unspecified atom stereocenters. The number of benzene rings is 3.